The van der Waals surface area contributed by atoms with Crippen molar-refractivity contribution in [2.24, 2.45) is 0 Å². The number of methoxy groups -OCH3 is 1. The Labute approximate surface area is 229 Å². The summed E-state index contributed by atoms with van der Waals surface area (Å²) in [6.07, 6.45) is 5.58. The number of fused-ring (bicyclic) bond motifs is 1. The van der Waals surface area contributed by atoms with E-state index in [9.17, 15) is 19.5 Å². The fourth-order valence-corrected chi connectivity index (χ4v) is 5.98. The topological polar surface area (TPSA) is 127 Å². The molecule has 0 saturated carbocycles. The standard InChI is InChI=1S/C27H34N4O7S/c1-7-19(17(3)36-6)20(38-18-9-13-37-14-10-18)15-29-24-21(16(2)23(39-24)30-12-8-11-28-30)22(32)31(26(29)35)27(4,5)25(33)34/h7-8,11-12,18,20H,1,9-10,13-15H2,2-6H3,(H,33,34)/b19-17-/t20-/m0/s1. The van der Waals surface area contributed by atoms with Crippen molar-refractivity contribution in [1.29, 1.82) is 0 Å². The Kier molecular flexibility index (Phi) is 8.28. The molecule has 1 saturated heterocycles. The smallest absolute Gasteiger partial charge is 0.333 e. The summed E-state index contributed by atoms with van der Waals surface area (Å²) in [7, 11) is 1.54. The van der Waals surface area contributed by atoms with Crippen molar-refractivity contribution in [2.75, 3.05) is 20.3 Å². The monoisotopic (exact) mass is 558 g/mol. The van der Waals surface area contributed by atoms with Gasteiger partial charge in [0, 0.05) is 36.7 Å². The van der Waals surface area contributed by atoms with Crippen molar-refractivity contribution in [1.82, 2.24) is 18.9 Å². The molecule has 0 spiro atoms. The van der Waals surface area contributed by atoms with Gasteiger partial charge in [0.05, 0.1) is 30.9 Å². The maximum Gasteiger partial charge on any atom is 0.333 e. The highest BCUT2D eigenvalue weighted by molar-refractivity contribution is 7.21. The second-order valence-electron chi connectivity index (χ2n) is 9.92. The summed E-state index contributed by atoms with van der Waals surface area (Å²) in [5.41, 5.74) is -1.96. The molecule has 1 atom stereocenters. The van der Waals surface area contributed by atoms with Crippen LogP contribution in [-0.4, -0.2) is 62.5 Å². The van der Waals surface area contributed by atoms with Gasteiger partial charge in [0.1, 0.15) is 21.5 Å². The van der Waals surface area contributed by atoms with E-state index in [0.29, 0.717) is 52.8 Å². The lowest BCUT2D eigenvalue weighted by atomic mass is 10.0. The number of aromatic nitrogens is 4. The number of carboxylic acid groups (broad SMARTS) is 1. The van der Waals surface area contributed by atoms with Crippen molar-refractivity contribution in [3.8, 4) is 5.00 Å². The molecule has 210 valence electrons. The van der Waals surface area contributed by atoms with Gasteiger partial charge in [-0.1, -0.05) is 24.0 Å². The number of hydrogen-bond donors (Lipinski definition) is 1. The number of carbonyl (C=O) groups is 1. The lowest BCUT2D eigenvalue weighted by Crippen LogP contribution is -2.53. The molecule has 0 aromatic carbocycles. The van der Waals surface area contributed by atoms with Crippen molar-refractivity contribution < 1.29 is 24.1 Å². The van der Waals surface area contributed by atoms with Crippen molar-refractivity contribution in [2.45, 2.75) is 64.8 Å². The third-order valence-electron chi connectivity index (χ3n) is 7.14. The molecule has 3 aromatic rings. The maximum atomic E-state index is 14.0. The molecule has 4 heterocycles. The molecule has 0 aliphatic carbocycles. The Morgan fingerprint density at radius 2 is 2.05 bits per heavy atom. The quantitative estimate of drug-likeness (QED) is 0.297. The molecule has 0 bridgehead atoms. The summed E-state index contributed by atoms with van der Waals surface area (Å²) < 4.78 is 21.4. The molecular weight excluding hydrogens is 524 g/mol. The van der Waals surface area contributed by atoms with Gasteiger partial charge in [0.15, 0.2) is 0 Å². The van der Waals surface area contributed by atoms with E-state index in [0.717, 1.165) is 4.57 Å². The highest BCUT2D eigenvalue weighted by Crippen LogP contribution is 2.32. The number of allylic oxidation sites excluding steroid dienone is 1. The van der Waals surface area contributed by atoms with E-state index in [2.05, 4.69) is 11.7 Å². The predicted octanol–water partition coefficient (Wildman–Crippen LogP) is 3.21. The zero-order valence-corrected chi connectivity index (χ0v) is 23.6. The second-order valence-corrected chi connectivity index (χ2v) is 10.9. The lowest BCUT2D eigenvalue weighted by Gasteiger charge is -2.30. The van der Waals surface area contributed by atoms with Gasteiger partial charge in [-0.2, -0.15) is 5.10 Å². The molecule has 4 rings (SSSR count). The molecule has 39 heavy (non-hydrogen) atoms. The number of aliphatic carboxylic acids is 1. The molecule has 11 nitrogen and oxygen atoms in total. The van der Waals surface area contributed by atoms with E-state index in [1.165, 1.54) is 29.8 Å². The summed E-state index contributed by atoms with van der Waals surface area (Å²) in [5.74, 6) is -0.727. The fraction of sp³-hybridized carbons (Fsp3) is 0.481. The first-order valence-corrected chi connectivity index (χ1v) is 13.5. The first kappa shape index (κ1) is 28.5. The van der Waals surface area contributed by atoms with E-state index in [4.69, 9.17) is 14.2 Å². The number of rotatable bonds is 10. The number of aryl methyl sites for hydroxylation is 1. The number of nitrogens with zero attached hydrogens (tertiary/aromatic N) is 4. The number of hydrogen-bond acceptors (Lipinski definition) is 8. The number of carboxylic acids is 1. The molecule has 1 aliphatic heterocycles. The van der Waals surface area contributed by atoms with Gasteiger partial charge in [-0.25, -0.2) is 18.8 Å². The molecule has 3 aromatic heterocycles. The van der Waals surface area contributed by atoms with E-state index in [-0.39, 0.29) is 18.0 Å². The summed E-state index contributed by atoms with van der Waals surface area (Å²) in [6, 6.07) is 1.76. The minimum Gasteiger partial charge on any atom is -0.501 e. The third kappa shape index (κ3) is 5.23. The van der Waals surface area contributed by atoms with Crippen molar-refractivity contribution in [3.63, 3.8) is 0 Å². The Morgan fingerprint density at radius 1 is 1.36 bits per heavy atom. The third-order valence-corrected chi connectivity index (χ3v) is 8.44. The van der Waals surface area contributed by atoms with E-state index < -0.39 is 28.9 Å². The van der Waals surface area contributed by atoms with Crippen molar-refractivity contribution >= 4 is 27.5 Å². The largest absolute Gasteiger partial charge is 0.501 e. The summed E-state index contributed by atoms with van der Waals surface area (Å²) in [5, 5.41) is 15.2. The molecule has 0 unspecified atom stereocenters. The van der Waals surface area contributed by atoms with Gasteiger partial charge in [-0.3, -0.25) is 9.36 Å². The van der Waals surface area contributed by atoms with Gasteiger partial charge in [0.2, 0.25) is 0 Å². The Balaban J connectivity index is 2.00. The Bertz CT molecular complexity index is 1520. The van der Waals surface area contributed by atoms with Crippen LogP contribution in [0.4, 0.5) is 0 Å². The van der Waals surface area contributed by atoms with Gasteiger partial charge in [-0.05, 0) is 46.6 Å². The van der Waals surface area contributed by atoms with Crippen molar-refractivity contribution in [3.05, 3.63) is 68.8 Å². The molecular formula is C27H34N4O7S. The van der Waals surface area contributed by atoms with Crippen LogP contribution in [0.1, 0.15) is 39.2 Å². The first-order chi connectivity index (χ1) is 18.5. The van der Waals surface area contributed by atoms with Crippen LogP contribution in [0.25, 0.3) is 15.2 Å². The summed E-state index contributed by atoms with van der Waals surface area (Å²) in [6.45, 7) is 11.3. The Hall–Kier alpha value is -3.48. The zero-order valence-electron chi connectivity index (χ0n) is 22.8. The van der Waals surface area contributed by atoms with Gasteiger partial charge in [0.25, 0.3) is 5.56 Å². The normalized spacial score (nSPS) is 16.2. The maximum absolute atomic E-state index is 14.0. The highest BCUT2D eigenvalue weighted by Gasteiger charge is 2.36. The first-order valence-electron chi connectivity index (χ1n) is 12.7. The van der Waals surface area contributed by atoms with Crippen LogP contribution in [0.15, 0.2) is 52.0 Å². The van der Waals surface area contributed by atoms with Gasteiger partial charge >= 0.3 is 11.7 Å². The van der Waals surface area contributed by atoms with Crippen LogP contribution in [0.2, 0.25) is 0 Å². The zero-order chi connectivity index (χ0) is 28.5. The fourth-order valence-electron chi connectivity index (χ4n) is 4.74. The average Bonchev–Trinajstić information content (AvgIpc) is 3.55. The van der Waals surface area contributed by atoms with Crippen LogP contribution in [0.5, 0.6) is 0 Å². The summed E-state index contributed by atoms with van der Waals surface area (Å²) >= 11 is 1.24. The molecule has 1 aliphatic rings. The molecule has 1 N–H and O–H groups in total. The van der Waals surface area contributed by atoms with E-state index in [1.54, 1.807) is 50.2 Å². The minimum atomic E-state index is -1.80. The van der Waals surface area contributed by atoms with E-state index in [1.807, 2.05) is 0 Å². The molecule has 12 heteroatoms. The Morgan fingerprint density at radius 3 is 2.62 bits per heavy atom. The minimum absolute atomic E-state index is 0.00320. The van der Waals surface area contributed by atoms with Gasteiger partial charge in [-0.15, -0.1) is 0 Å². The summed E-state index contributed by atoms with van der Waals surface area (Å²) in [4.78, 5) is 40.4. The number of ether oxygens (including phenoxy) is 3. The second kappa shape index (κ2) is 11.3. The molecule has 1 fully saturated rings. The van der Waals surface area contributed by atoms with Crippen LogP contribution in [-0.2, 0) is 31.1 Å². The highest BCUT2D eigenvalue weighted by atomic mass is 32.1. The average molecular weight is 559 g/mol. The van der Waals surface area contributed by atoms with Crippen LogP contribution < -0.4 is 11.2 Å². The van der Waals surface area contributed by atoms with Crippen LogP contribution in [0.3, 0.4) is 0 Å². The van der Waals surface area contributed by atoms with Crippen LogP contribution in [0, 0.1) is 6.92 Å². The van der Waals surface area contributed by atoms with E-state index >= 15 is 0 Å². The predicted molar refractivity (Wildman–Crippen MR) is 148 cm³/mol. The van der Waals surface area contributed by atoms with Gasteiger partial charge < -0.3 is 19.3 Å². The molecule has 0 radical (unpaired) electrons. The number of thiophene rings is 1. The lowest BCUT2D eigenvalue weighted by molar-refractivity contribution is -0.146. The SMILES string of the molecule is C=C/C(=C(\C)OC)[C@H](Cn1c(=O)n(C(C)(C)C(=O)O)c(=O)c2c(C)c(-n3cccn3)sc21)OC1CCOCC1. The molecule has 0 amide bonds. The van der Waals surface area contributed by atoms with Crippen LogP contribution >= 0.6 is 11.3 Å².